The van der Waals surface area contributed by atoms with Gasteiger partial charge in [-0.1, -0.05) is 17.3 Å². The van der Waals surface area contributed by atoms with Gasteiger partial charge in [0.05, 0.1) is 6.42 Å². The first-order chi connectivity index (χ1) is 12.8. The molecule has 1 saturated heterocycles. The molecule has 3 aromatic rings. The number of amides is 1. The molecular weight excluding hydrogens is 330 g/mol. The van der Waals surface area contributed by atoms with Gasteiger partial charge in [0, 0.05) is 37.1 Å². The molecule has 0 aromatic carbocycles. The van der Waals surface area contributed by atoms with Gasteiger partial charge < -0.3 is 9.42 Å². The topological polar surface area (TPSA) is 85.0 Å². The van der Waals surface area contributed by atoms with Gasteiger partial charge in [-0.2, -0.15) is 4.98 Å². The maximum absolute atomic E-state index is 12.6. The molecule has 7 nitrogen and oxygen atoms in total. The first-order valence-electron chi connectivity index (χ1n) is 8.72. The van der Waals surface area contributed by atoms with Gasteiger partial charge >= 0.3 is 0 Å². The van der Waals surface area contributed by atoms with Crippen molar-refractivity contribution in [3.63, 3.8) is 0 Å². The third-order valence-electron chi connectivity index (χ3n) is 4.52. The van der Waals surface area contributed by atoms with Crippen LogP contribution in [-0.4, -0.2) is 44.0 Å². The molecule has 4 rings (SSSR count). The van der Waals surface area contributed by atoms with Crippen molar-refractivity contribution in [2.45, 2.75) is 25.2 Å². The molecule has 132 valence electrons. The van der Waals surface area contributed by atoms with Gasteiger partial charge in [0.1, 0.15) is 5.69 Å². The Morgan fingerprint density at radius 3 is 2.77 bits per heavy atom. The average molecular weight is 349 g/mol. The Morgan fingerprint density at radius 2 is 2.00 bits per heavy atom. The fourth-order valence-corrected chi connectivity index (χ4v) is 3.18. The minimum Gasteiger partial charge on any atom is -0.342 e. The molecule has 3 aromatic heterocycles. The standard InChI is InChI=1S/C19H19N5O2/c25-17(12-15-7-1-3-9-20-15)24-11-5-6-14(13-24)18-22-19(26-23-18)16-8-2-4-10-21-16/h1-4,7-10,14H,5-6,11-13H2/t14-/m1/s1. The van der Waals surface area contributed by atoms with E-state index in [1.54, 1.807) is 12.4 Å². The molecule has 26 heavy (non-hydrogen) atoms. The van der Waals surface area contributed by atoms with Crippen molar-refractivity contribution in [1.82, 2.24) is 25.0 Å². The van der Waals surface area contributed by atoms with E-state index >= 15 is 0 Å². The van der Waals surface area contributed by atoms with Crippen molar-refractivity contribution < 1.29 is 9.32 Å². The van der Waals surface area contributed by atoms with Crippen LogP contribution in [0.1, 0.15) is 30.3 Å². The molecule has 1 amide bonds. The maximum atomic E-state index is 12.6. The van der Waals surface area contributed by atoms with Crippen LogP contribution < -0.4 is 0 Å². The zero-order chi connectivity index (χ0) is 17.8. The fourth-order valence-electron chi connectivity index (χ4n) is 3.18. The number of piperidine rings is 1. The number of nitrogens with zero attached hydrogens (tertiary/aromatic N) is 5. The van der Waals surface area contributed by atoms with E-state index in [0.29, 0.717) is 30.4 Å². The summed E-state index contributed by atoms with van der Waals surface area (Å²) in [5.41, 5.74) is 1.45. The van der Waals surface area contributed by atoms with Crippen LogP contribution in [-0.2, 0) is 11.2 Å². The summed E-state index contributed by atoms with van der Waals surface area (Å²) in [5, 5.41) is 4.12. The molecule has 0 bridgehead atoms. The molecule has 0 aliphatic carbocycles. The van der Waals surface area contributed by atoms with Crippen molar-refractivity contribution in [1.29, 1.82) is 0 Å². The zero-order valence-corrected chi connectivity index (χ0v) is 14.3. The van der Waals surface area contributed by atoms with E-state index in [9.17, 15) is 4.79 Å². The Labute approximate surface area is 151 Å². The summed E-state index contributed by atoms with van der Waals surface area (Å²) in [7, 11) is 0. The van der Waals surface area contributed by atoms with E-state index in [1.165, 1.54) is 0 Å². The highest BCUT2D eigenvalue weighted by atomic mass is 16.5. The van der Waals surface area contributed by atoms with Crippen LogP contribution in [0.2, 0.25) is 0 Å². The number of carbonyl (C=O) groups is 1. The largest absolute Gasteiger partial charge is 0.342 e. The van der Waals surface area contributed by atoms with Crippen molar-refractivity contribution in [2.24, 2.45) is 0 Å². The minimum atomic E-state index is 0.0812. The van der Waals surface area contributed by atoms with Crippen molar-refractivity contribution in [3.8, 4) is 11.6 Å². The Balaban J connectivity index is 1.44. The fraction of sp³-hybridized carbons (Fsp3) is 0.316. The highest BCUT2D eigenvalue weighted by Gasteiger charge is 2.28. The summed E-state index contributed by atoms with van der Waals surface area (Å²) < 4.78 is 5.36. The molecule has 0 spiro atoms. The van der Waals surface area contributed by atoms with Crippen LogP contribution in [0.15, 0.2) is 53.3 Å². The molecule has 7 heteroatoms. The molecule has 1 aliphatic heterocycles. The number of carbonyl (C=O) groups excluding carboxylic acids is 1. The van der Waals surface area contributed by atoms with E-state index in [1.807, 2.05) is 41.3 Å². The number of hydrogen-bond donors (Lipinski definition) is 0. The molecule has 0 saturated carbocycles. The lowest BCUT2D eigenvalue weighted by molar-refractivity contribution is -0.131. The van der Waals surface area contributed by atoms with Crippen LogP contribution in [0, 0.1) is 0 Å². The first-order valence-corrected chi connectivity index (χ1v) is 8.72. The Hall–Kier alpha value is -3.09. The Bertz CT molecular complexity index is 866. The third kappa shape index (κ3) is 3.61. The van der Waals surface area contributed by atoms with E-state index < -0.39 is 0 Å². The molecular formula is C19H19N5O2. The molecule has 0 unspecified atom stereocenters. The predicted molar refractivity (Wildman–Crippen MR) is 94.0 cm³/mol. The van der Waals surface area contributed by atoms with Crippen LogP contribution in [0.3, 0.4) is 0 Å². The number of hydrogen-bond acceptors (Lipinski definition) is 6. The molecule has 1 aliphatic rings. The lowest BCUT2D eigenvalue weighted by atomic mass is 9.97. The van der Waals surface area contributed by atoms with Gasteiger partial charge in [0.2, 0.25) is 5.91 Å². The summed E-state index contributed by atoms with van der Waals surface area (Å²) in [5.74, 6) is 1.22. The highest BCUT2D eigenvalue weighted by molar-refractivity contribution is 5.78. The maximum Gasteiger partial charge on any atom is 0.276 e. The van der Waals surface area contributed by atoms with Crippen molar-refractivity contribution >= 4 is 5.91 Å². The van der Waals surface area contributed by atoms with Crippen molar-refractivity contribution in [3.05, 3.63) is 60.3 Å². The molecule has 0 N–H and O–H groups in total. The average Bonchev–Trinajstić information content (AvgIpc) is 3.20. The van der Waals surface area contributed by atoms with Crippen LogP contribution in [0.25, 0.3) is 11.6 Å². The summed E-state index contributed by atoms with van der Waals surface area (Å²) >= 11 is 0. The van der Waals surface area contributed by atoms with E-state index in [0.717, 1.165) is 25.1 Å². The number of pyridine rings is 2. The second kappa shape index (κ2) is 7.43. The van der Waals surface area contributed by atoms with E-state index in [2.05, 4.69) is 20.1 Å². The number of rotatable bonds is 4. The molecule has 1 fully saturated rings. The molecule has 4 heterocycles. The lowest BCUT2D eigenvalue weighted by Gasteiger charge is -2.31. The van der Waals surface area contributed by atoms with Crippen LogP contribution >= 0.6 is 0 Å². The Kier molecular flexibility index (Phi) is 4.68. The SMILES string of the molecule is O=C(Cc1ccccn1)N1CCC[C@@H](c2noc(-c3ccccn3)n2)C1. The quantitative estimate of drug-likeness (QED) is 0.719. The smallest absolute Gasteiger partial charge is 0.276 e. The minimum absolute atomic E-state index is 0.0812. The van der Waals surface area contributed by atoms with Gasteiger partial charge in [0.25, 0.3) is 5.89 Å². The lowest BCUT2D eigenvalue weighted by Crippen LogP contribution is -2.40. The van der Waals surface area contributed by atoms with Gasteiger partial charge in [-0.15, -0.1) is 0 Å². The van der Waals surface area contributed by atoms with Crippen molar-refractivity contribution in [2.75, 3.05) is 13.1 Å². The normalized spacial score (nSPS) is 17.2. The highest BCUT2D eigenvalue weighted by Crippen LogP contribution is 2.27. The predicted octanol–water partition coefficient (Wildman–Crippen LogP) is 2.48. The van der Waals surface area contributed by atoms with Crippen LogP contribution in [0.4, 0.5) is 0 Å². The summed E-state index contributed by atoms with van der Waals surface area (Å²) in [6.07, 6.45) is 5.58. The summed E-state index contributed by atoms with van der Waals surface area (Å²) in [6.45, 7) is 1.36. The Morgan fingerprint density at radius 1 is 1.15 bits per heavy atom. The van der Waals surface area contributed by atoms with Gasteiger partial charge in [-0.25, -0.2) is 0 Å². The second-order valence-electron chi connectivity index (χ2n) is 6.35. The molecule has 1 atom stereocenters. The second-order valence-corrected chi connectivity index (χ2v) is 6.35. The number of aromatic nitrogens is 4. The molecule has 0 radical (unpaired) electrons. The summed E-state index contributed by atoms with van der Waals surface area (Å²) in [6, 6.07) is 11.2. The van der Waals surface area contributed by atoms with E-state index in [4.69, 9.17) is 4.52 Å². The van der Waals surface area contributed by atoms with Gasteiger partial charge in [-0.3, -0.25) is 14.8 Å². The first kappa shape index (κ1) is 16.4. The zero-order valence-electron chi connectivity index (χ0n) is 14.3. The monoisotopic (exact) mass is 349 g/mol. The third-order valence-corrected chi connectivity index (χ3v) is 4.52. The van der Waals surface area contributed by atoms with E-state index in [-0.39, 0.29) is 11.8 Å². The summed E-state index contributed by atoms with van der Waals surface area (Å²) in [4.78, 5) is 27.4. The number of likely N-dealkylation sites (tertiary alicyclic amines) is 1. The van der Waals surface area contributed by atoms with Gasteiger partial charge in [-0.05, 0) is 37.1 Å². The van der Waals surface area contributed by atoms with Crippen LogP contribution in [0.5, 0.6) is 0 Å². The van der Waals surface area contributed by atoms with Gasteiger partial charge in [0.15, 0.2) is 5.82 Å².